The lowest BCUT2D eigenvalue weighted by Gasteiger charge is -2.17. The van der Waals surface area contributed by atoms with Crippen LogP contribution in [0.25, 0.3) is 0 Å². The van der Waals surface area contributed by atoms with Crippen molar-refractivity contribution in [2.24, 2.45) is 0 Å². The number of benzene rings is 2. The van der Waals surface area contributed by atoms with Crippen molar-refractivity contribution in [2.75, 3.05) is 7.11 Å². The number of ether oxygens (including phenoxy) is 1. The third-order valence-electron chi connectivity index (χ3n) is 3.04. The summed E-state index contributed by atoms with van der Waals surface area (Å²) in [6.07, 6.45) is -0.814. The first-order chi connectivity index (χ1) is 9.63. The molecule has 0 unspecified atom stereocenters. The van der Waals surface area contributed by atoms with Gasteiger partial charge in [0.2, 0.25) is 0 Å². The van der Waals surface area contributed by atoms with E-state index in [4.69, 9.17) is 4.74 Å². The molecule has 0 heterocycles. The van der Waals surface area contributed by atoms with E-state index in [2.05, 4.69) is 0 Å². The van der Waals surface area contributed by atoms with E-state index in [1.165, 1.54) is 0 Å². The Kier molecular flexibility index (Phi) is 5.14. The summed E-state index contributed by atoms with van der Waals surface area (Å²) >= 11 is 1.99. The highest BCUT2D eigenvalue weighted by Crippen LogP contribution is 2.26. The van der Waals surface area contributed by atoms with Crippen molar-refractivity contribution in [3.8, 4) is 5.75 Å². The van der Waals surface area contributed by atoms with Crippen molar-refractivity contribution in [1.82, 2.24) is 0 Å². The third-order valence-corrected chi connectivity index (χ3v) is 4.29. The fourth-order valence-corrected chi connectivity index (χ4v) is 2.65. The Morgan fingerprint density at radius 3 is 2.25 bits per heavy atom. The van der Waals surface area contributed by atoms with E-state index in [9.17, 15) is 9.90 Å². The lowest BCUT2D eigenvalue weighted by molar-refractivity contribution is 0.0910. The zero-order chi connectivity index (χ0) is 14.5. The fraction of sp³-hybridized carbons (Fsp3) is 0.188. The molecule has 2 aromatic carbocycles. The van der Waals surface area contributed by atoms with Gasteiger partial charge in [0.05, 0.1) is 13.2 Å². The first-order valence-electron chi connectivity index (χ1n) is 6.19. The van der Waals surface area contributed by atoms with Crippen molar-refractivity contribution in [3.63, 3.8) is 0 Å². The van der Waals surface area contributed by atoms with Gasteiger partial charge in [0.1, 0.15) is 9.67 Å². The zero-order valence-corrected chi connectivity index (χ0v) is 13.2. The number of ketones is 1. The number of carbonyl (C=O) groups excluding carboxylic acids is 1. The summed E-state index contributed by atoms with van der Waals surface area (Å²) < 4.78 is 4.54. The van der Waals surface area contributed by atoms with Gasteiger partial charge in [-0.25, -0.2) is 0 Å². The molecule has 0 aromatic heterocycles. The summed E-state index contributed by atoms with van der Waals surface area (Å²) in [4.78, 5) is 12.4. The smallest absolute Gasteiger partial charge is 0.178 e. The monoisotopic (exact) mass is 382 g/mol. The second kappa shape index (κ2) is 6.85. The van der Waals surface area contributed by atoms with Gasteiger partial charge in [-0.15, -0.1) is 0 Å². The molecule has 1 N–H and O–H groups in total. The van der Waals surface area contributed by atoms with Crippen LogP contribution in [-0.4, -0.2) is 21.9 Å². The van der Waals surface area contributed by atoms with E-state index in [0.29, 0.717) is 11.3 Å². The van der Waals surface area contributed by atoms with Gasteiger partial charge in [-0.2, -0.15) is 0 Å². The molecule has 0 radical (unpaired) electrons. The van der Waals surface area contributed by atoms with Crippen molar-refractivity contribution < 1.29 is 14.6 Å². The maximum Gasteiger partial charge on any atom is 0.178 e. The zero-order valence-electron chi connectivity index (χ0n) is 11.0. The van der Waals surface area contributed by atoms with Crippen molar-refractivity contribution in [3.05, 3.63) is 65.7 Å². The average Bonchev–Trinajstić information content (AvgIpc) is 2.53. The van der Waals surface area contributed by atoms with Crippen molar-refractivity contribution in [1.29, 1.82) is 0 Å². The van der Waals surface area contributed by atoms with E-state index < -0.39 is 10.0 Å². The van der Waals surface area contributed by atoms with E-state index >= 15 is 0 Å². The molecular weight excluding hydrogens is 367 g/mol. The molecule has 2 rings (SSSR count). The van der Waals surface area contributed by atoms with Gasteiger partial charge < -0.3 is 9.84 Å². The number of rotatable bonds is 5. The summed E-state index contributed by atoms with van der Waals surface area (Å²) in [5, 5.41) is 10.3. The van der Waals surface area contributed by atoms with E-state index in [0.717, 1.165) is 5.56 Å². The highest BCUT2D eigenvalue weighted by Gasteiger charge is 2.26. The second-order valence-electron chi connectivity index (χ2n) is 4.35. The molecule has 0 spiro atoms. The van der Waals surface area contributed by atoms with Crippen LogP contribution in [0.1, 0.15) is 22.0 Å². The number of alkyl halides is 1. The van der Waals surface area contributed by atoms with Gasteiger partial charge in [0, 0.05) is 5.56 Å². The summed E-state index contributed by atoms with van der Waals surface area (Å²) in [6, 6.07) is 16.1. The Labute approximate surface area is 131 Å². The molecule has 0 bridgehead atoms. The van der Waals surface area contributed by atoms with Gasteiger partial charge in [0.25, 0.3) is 0 Å². The van der Waals surface area contributed by atoms with Gasteiger partial charge in [0.15, 0.2) is 5.78 Å². The Balaban J connectivity index is 2.15. The number of hydrogen-bond acceptors (Lipinski definition) is 3. The first kappa shape index (κ1) is 15.0. The first-order valence-corrected chi connectivity index (χ1v) is 7.43. The van der Waals surface area contributed by atoms with Gasteiger partial charge >= 0.3 is 0 Å². The Morgan fingerprint density at radius 1 is 1.10 bits per heavy atom. The number of aliphatic hydroxyl groups excluding tert-OH is 1. The van der Waals surface area contributed by atoms with Gasteiger partial charge in [-0.05, 0) is 29.8 Å². The number of aliphatic hydroxyl groups is 1. The molecule has 2 atom stereocenters. The topological polar surface area (TPSA) is 46.5 Å². The predicted molar refractivity (Wildman–Crippen MR) is 86.5 cm³/mol. The van der Waals surface area contributed by atoms with Gasteiger partial charge in [-0.1, -0.05) is 52.9 Å². The highest BCUT2D eigenvalue weighted by atomic mass is 127. The molecule has 4 heteroatoms. The molecule has 0 saturated carbocycles. The van der Waals surface area contributed by atoms with Gasteiger partial charge in [-0.3, -0.25) is 4.79 Å². The van der Waals surface area contributed by atoms with E-state index in [1.807, 2.05) is 52.9 Å². The summed E-state index contributed by atoms with van der Waals surface area (Å²) in [6.45, 7) is 0. The number of halogens is 1. The van der Waals surface area contributed by atoms with Crippen molar-refractivity contribution >= 4 is 28.4 Å². The maximum absolute atomic E-state index is 12.4. The number of carbonyl (C=O) groups is 1. The lowest BCUT2D eigenvalue weighted by atomic mass is 10.0. The molecule has 3 nitrogen and oxygen atoms in total. The number of hydrogen-bond donors (Lipinski definition) is 1. The molecule has 0 aliphatic heterocycles. The third kappa shape index (κ3) is 3.37. The van der Waals surface area contributed by atoms with Crippen LogP contribution in [0.3, 0.4) is 0 Å². The molecule has 0 fully saturated rings. The van der Waals surface area contributed by atoms with E-state index in [-0.39, 0.29) is 5.78 Å². The SMILES string of the molecule is COc1ccc(C(=O)[C@@H](I)[C@@H](O)c2ccccc2)cc1. The molecule has 0 saturated heterocycles. The fourth-order valence-electron chi connectivity index (χ4n) is 1.88. The van der Waals surface area contributed by atoms with Crippen LogP contribution >= 0.6 is 22.6 Å². The largest absolute Gasteiger partial charge is 0.497 e. The normalized spacial score (nSPS) is 13.6. The molecule has 104 valence electrons. The van der Waals surface area contributed by atoms with Crippen LogP contribution in [0.2, 0.25) is 0 Å². The molecule has 2 aromatic rings. The standard InChI is InChI=1S/C16H15IO3/c1-20-13-9-7-12(8-10-13)16(19)14(17)15(18)11-5-3-2-4-6-11/h2-10,14-15,18H,1H3/t14-,15-/m0/s1. The van der Waals surface area contributed by atoms with Crippen LogP contribution in [-0.2, 0) is 0 Å². The minimum Gasteiger partial charge on any atom is -0.497 e. The molecule has 0 aliphatic carbocycles. The highest BCUT2D eigenvalue weighted by molar-refractivity contribution is 14.1. The summed E-state index contributed by atoms with van der Waals surface area (Å²) in [5.41, 5.74) is 1.31. The minimum absolute atomic E-state index is 0.0930. The minimum atomic E-state index is -0.814. The van der Waals surface area contributed by atoms with E-state index in [1.54, 1.807) is 31.4 Å². The molecule has 20 heavy (non-hydrogen) atoms. The molecular formula is C16H15IO3. The second-order valence-corrected chi connectivity index (χ2v) is 5.69. The summed E-state index contributed by atoms with van der Waals surface area (Å²) in [7, 11) is 1.58. The Hall–Kier alpha value is -1.40. The lowest BCUT2D eigenvalue weighted by Crippen LogP contribution is -2.22. The van der Waals surface area contributed by atoms with Crippen LogP contribution < -0.4 is 4.74 Å². The summed E-state index contributed by atoms with van der Waals surface area (Å²) in [5.74, 6) is 0.611. The van der Waals surface area contributed by atoms with Crippen LogP contribution in [0.15, 0.2) is 54.6 Å². The molecule has 0 aliphatic rings. The number of methoxy groups -OCH3 is 1. The Bertz CT molecular complexity index is 566. The number of Topliss-reactive ketones (excluding diaryl/α,β-unsaturated/α-hetero) is 1. The predicted octanol–water partition coefficient (Wildman–Crippen LogP) is 3.42. The maximum atomic E-state index is 12.4. The van der Waals surface area contributed by atoms with Crippen LogP contribution in [0.5, 0.6) is 5.75 Å². The Morgan fingerprint density at radius 2 is 1.70 bits per heavy atom. The quantitative estimate of drug-likeness (QED) is 0.490. The van der Waals surface area contributed by atoms with Crippen LogP contribution in [0.4, 0.5) is 0 Å². The molecule has 0 amide bonds. The van der Waals surface area contributed by atoms with Crippen LogP contribution in [0, 0.1) is 0 Å². The average molecular weight is 382 g/mol. The van der Waals surface area contributed by atoms with Crippen molar-refractivity contribution in [2.45, 2.75) is 10.0 Å².